The molecule has 0 aliphatic carbocycles. The van der Waals surface area contributed by atoms with Gasteiger partial charge >= 0.3 is 0 Å². The predicted octanol–water partition coefficient (Wildman–Crippen LogP) is 13.2. The Morgan fingerprint density at radius 1 is 0.304 bits per heavy atom. The van der Waals surface area contributed by atoms with Crippen molar-refractivity contribution in [1.82, 2.24) is 0 Å². The van der Waals surface area contributed by atoms with Gasteiger partial charge in [0.15, 0.2) is 0 Å². The van der Waals surface area contributed by atoms with E-state index in [1.807, 2.05) is 11.3 Å². The Kier molecular flexibility index (Phi) is 6.40. The molecule has 0 atom stereocenters. The van der Waals surface area contributed by atoms with Crippen molar-refractivity contribution in [2.45, 2.75) is 0 Å². The van der Waals surface area contributed by atoms with Gasteiger partial charge in [-0.3, -0.25) is 0 Å². The van der Waals surface area contributed by atoms with Crippen molar-refractivity contribution in [3.63, 3.8) is 0 Å². The summed E-state index contributed by atoms with van der Waals surface area (Å²) in [7, 11) is 0. The average molecular weight is 604 g/mol. The summed E-state index contributed by atoms with van der Waals surface area (Å²) in [5, 5.41) is 7.66. The van der Waals surface area contributed by atoms with Crippen LogP contribution >= 0.6 is 11.3 Å². The monoisotopic (exact) mass is 603 g/mol. The maximum absolute atomic E-state index is 2.38. The van der Waals surface area contributed by atoms with Gasteiger partial charge in [0.2, 0.25) is 0 Å². The molecule has 0 N–H and O–H groups in total. The Balaban J connectivity index is 1.18. The van der Waals surface area contributed by atoms with E-state index < -0.39 is 0 Å². The van der Waals surface area contributed by atoms with Gasteiger partial charge in [-0.2, -0.15) is 0 Å². The minimum Gasteiger partial charge on any atom is -0.310 e. The van der Waals surface area contributed by atoms with Gasteiger partial charge in [0.1, 0.15) is 0 Å². The van der Waals surface area contributed by atoms with Crippen LogP contribution in [0, 0.1) is 0 Å². The second-order valence-corrected chi connectivity index (χ2v) is 12.9. The van der Waals surface area contributed by atoms with Crippen LogP contribution in [0.3, 0.4) is 0 Å². The topological polar surface area (TPSA) is 3.24 Å². The molecule has 216 valence electrons. The van der Waals surface area contributed by atoms with E-state index in [0.717, 1.165) is 17.1 Å². The van der Waals surface area contributed by atoms with Crippen LogP contribution in [0.15, 0.2) is 176 Å². The Bertz CT molecular complexity index is 2530. The summed E-state index contributed by atoms with van der Waals surface area (Å²) in [6.07, 6.45) is 0. The van der Waals surface area contributed by atoms with Crippen molar-refractivity contribution >= 4 is 70.1 Å². The first-order chi connectivity index (χ1) is 22.8. The summed E-state index contributed by atoms with van der Waals surface area (Å²) in [5.74, 6) is 0. The average Bonchev–Trinajstić information content (AvgIpc) is 3.48. The Morgan fingerprint density at radius 2 is 0.935 bits per heavy atom. The molecule has 8 aromatic carbocycles. The molecule has 1 aromatic heterocycles. The molecule has 2 heteroatoms. The second kappa shape index (κ2) is 11.0. The number of nitrogens with zero attached hydrogens (tertiary/aromatic N) is 1. The van der Waals surface area contributed by atoms with E-state index in [2.05, 4.69) is 181 Å². The number of anilines is 3. The molecule has 0 radical (unpaired) electrons. The molecule has 0 saturated carbocycles. The van der Waals surface area contributed by atoms with Gasteiger partial charge < -0.3 is 4.90 Å². The van der Waals surface area contributed by atoms with Crippen molar-refractivity contribution in [3.05, 3.63) is 176 Å². The summed E-state index contributed by atoms with van der Waals surface area (Å²) < 4.78 is 2.66. The maximum atomic E-state index is 2.38. The van der Waals surface area contributed by atoms with E-state index in [1.54, 1.807) is 0 Å². The van der Waals surface area contributed by atoms with Crippen LogP contribution in [-0.4, -0.2) is 0 Å². The van der Waals surface area contributed by atoms with E-state index in [-0.39, 0.29) is 0 Å². The standard InChI is InChI=1S/C44H29NS/c1-2-9-30(10-3-1)34-13-8-14-39(26-34)45(38-22-19-32(20-23-38)35-18-17-31-11-4-5-12-33(31)25-35)40-24-21-36-29-44-42(28-37(36)27-40)41-15-6-7-16-43(41)46-44/h1-29H. The molecule has 1 nitrogen and oxygen atoms in total. The van der Waals surface area contributed by atoms with E-state index in [1.165, 1.54) is 64.0 Å². The summed E-state index contributed by atoms with van der Waals surface area (Å²) in [4.78, 5) is 2.38. The Morgan fingerprint density at radius 3 is 1.83 bits per heavy atom. The van der Waals surface area contributed by atoms with E-state index in [9.17, 15) is 0 Å². The van der Waals surface area contributed by atoms with Gasteiger partial charge in [0.05, 0.1) is 0 Å². The van der Waals surface area contributed by atoms with Gasteiger partial charge in [-0.25, -0.2) is 0 Å². The van der Waals surface area contributed by atoms with Crippen LogP contribution in [0.5, 0.6) is 0 Å². The molecule has 0 aliphatic rings. The highest BCUT2D eigenvalue weighted by molar-refractivity contribution is 7.25. The van der Waals surface area contributed by atoms with E-state index >= 15 is 0 Å². The van der Waals surface area contributed by atoms with Gasteiger partial charge in [-0.1, -0.05) is 115 Å². The van der Waals surface area contributed by atoms with Gasteiger partial charge in [-0.15, -0.1) is 11.3 Å². The lowest BCUT2D eigenvalue weighted by molar-refractivity contribution is 1.29. The fourth-order valence-electron chi connectivity index (χ4n) is 6.67. The molecule has 46 heavy (non-hydrogen) atoms. The smallest absolute Gasteiger partial charge is 0.0468 e. The molecule has 0 fully saturated rings. The van der Waals surface area contributed by atoms with Crippen LogP contribution in [0.2, 0.25) is 0 Å². The van der Waals surface area contributed by atoms with Gasteiger partial charge in [0.25, 0.3) is 0 Å². The van der Waals surface area contributed by atoms with E-state index in [0.29, 0.717) is 0 Å². The third-order valence-corrected chi connectivity index (χ3v) is 10.1. The molecular weight excluding hydrogens is 575 g/mol. The number of benzene rings is 8. The summed E-state index contributed by atoms with van der Waals surface area (Å²) in [6.45, 7) is 0. The zero-order chi connectivity index (χ0) is 30.5. The third kappa shape index (κ3) is 4.72. The maximum Gasteiger partial charge on any atom is 0.0468 e. The third-order valence-electron chi connectivity index (χ3n) is 9.00. The number of hydrogen-bond donors (Lipinski definition) is 0. The Labute approximate surface area is 272 Å². The van der Waals surface area contributed by atoms with Crippen LogP contribution < -0.4 is 4.90 Å². The SMILES string of the molecule is c1ccc(-c2cccc(N(c3ccc(-c4ccc5ccccc5c4)cc3)c3ccc4cc5sc6ccccc6c5cc4c3)c2)cc1. The predicted molar refractivity (Wildman–Crippen MR) is 200 cm³/mol. The highest BCUT2D eigenvalue weighted by Crippen LogP contribution is 2.41. The first kappa shape index (κ1) is 26.7. The second-order valence-electron chi connectivity index (χ2n) is 11.8. The fourth-order valence-corrected chi connectivity index (χ4v) is 7.81. The Hall–Kier alpha value is -5.70. The fraction of sp³-hybridized carbons (Fsp3) is 0. The lowest BCUT2D eigenvalue weighted by Crippen LogP contribution is -2.10. The van der Waals surface area contributed by atoms with Crippen molar-refractivity contribution in [3.8, 4) is 22.3 Å². The van der Waals surface area contributed by atoms with Crippen LogP contribution in [0.4, 0.5) is 17.1 Å². The summed E-state index contributed by atoms with van der Waals surface area (Å²) in [6, 6.07) is 64.0. The molecule has 0 amide bonds. The molecule has 9 rings (SSSR count). The van der Waals surface area contributed by atoms with Crippen molar-refractivity contribution in [2.24, 2.45) is 0 Å². The summed E-state index contributed by atoms with van der Waals surface area (Å²) in [5.41, 5.74) is 8.22. The first-order valence-electron chi connectivity index (χ1n) is 15.7. The molecule has 0 aliphatic heterocycles. The minimum absolute atomic E-state index is 1.12. The molecular formula is C44H29NS. The number of thiophene rings is 1. The minimum atomic E-state index is 1.12. The van der Waals surface area contributed by atoms with Crippen LogP contribution in [0.25, 0.3) is 64.0 Å². The molecule has 0 spiro atoms. The molecule has 1 heterocycles. The highest BCUT2D eigenvalue weighted by Gasteiger charge is 2.16. The van der Waals surface area contributed by atoms with Crippen LogP contribution in [0.1, 0.15) is 0 Å². The summed E-state index contributed by atoms with van der Waals surface area (Å²) >= 11 is 1.87. The van der Waals surface area contributed by atoms with Crippen molar-refractivity contribution in [1.29, 1.82) is 0 Å². The van der Waals surface area contributed by atoms with Gasteiger partial charge in [-0.05, 0) is 104 Å². The van der Waals surface area contributed by atoms with Crippen molar-refractivity contribution < 1.29 is 0 Å². The molecule has 0 bridgehead atoms. The number of hydrogen-bond acceptors (Lipinski definition) is 2. The quantitative estimate of drug-likeness (QED) is 0.189. The number of fused-ring (bicyclic) bond motifs is 5. The highest BCUT2D eigenvalue weighted by atomic mass is 32.1. The zero-order valence-corrected chi connectivity index (χ0v) is 25.9. The molecule has 0 unspecified atom stereocenters. The largest absolute Gasteiger partial charge is 0.310 e. The lowest BCUT2D eigenvalue weighted by Gasteiger charge is -2.26. The lowest BCUT2D eigenvalue weighted by atomic mass is 10.0. The van der Waals surface area contributed by atoms with Crippen LogP contribution in [-0.2, 0) is 0 Å². The first-order valence-corrected chi connectivity index (χ1v) is 16.5. The zero-order valence-electron chi connectivity index (χ0n) is 25.1. The van der Waals surface area contributed by atoms with Gasteiger partial charge in [0, 0.05) is 37.2 Å². The molecule has 0 saturated heterocycles. The van der Waals surface area contributed by atoms with Crippen molar-refractivity contribution in [2.75, 3.05) is 4.90 Å². The molecule has 9 aromatic rings. The normalized spacial score (nSPS) is 11.5. The van der Waals surface area contributed by atoms with E-state index in [4.69, 9.17) is 0 Å². The number of rotatable bonds is 5.